The van der Waals surface area contributed by atoms with Crippen molar-refractivity contribution in [3.63, 3.8) is 0 Å². The third-order valence-corrected chi connectivity index (χ3v) is 1.85. The first-order chi connectivity index (χ1) is 4.45. The highest BCUT2D eigenvalue weighted by Crippen LogP contribution is 2.07. The molecule has 0 spiro atoms. The quantitative estimate of drug-likeness (QED) is 0.357. The summed E-state index contributed by atoms with van der Waals surface area (Å²) < 4.78 is 10.5. The SMILES string of the molecule is C=COC(C)O[Si](C)(C)C. The largest absolute Gasteiger partial charge is 0.474 e. The summed E-state index contributed by atoms with van der Waals surface area (Å²) in [6, 6.07) is 0. The minimum atomic E-state index is -1.43. The van der Waals surface area contributed by atoms with Gasteiger partial charge in [0, 0.05) is 0 Å². The number of hydrogen-bond donors (Lipinski definition) is 0. The van der Waals surface area contributed by atoms with Crippen molar-refractivity contribution in [2.75, 3.05) is 0 Å². The molecule has 0 saturated carbocycles. The Labute approximate surface area is 64.0 Å². The predicted molar refractivity (Wildman–Crippen MR) is 45.2 cm³/mol. The molecule has 0 amide bonds. The van der Waals surface area contributed by atoms with E-state index in [1.807, 2.05) is 6.92 Å². The lowest BCUT2D eigenvalue weighted by atomic mass is 10.8. The third kappa shape index (κ3) is 5.85. The second-order valence-electron chi connectivity index (χ2n) is 3.10. The zero-order valence-electron chi connectivity index (χ0n) is 7.18. The molecule has 0 aromatic heterocycles. The van der Waals surface area contributed by atoms with E-state index in [9.17, 15) is 0 Å². The van der Waals surface area contributed by atoms with Gasteiger partial charge in [-0.15, -0.1) is 0 Å². The van der Waals surface area contributed by atoms with Crippen LogP contribution in [0.15, 0.2) is 12.8 Å². The number of ether oxygens (including phenoxy) is 1. The van der Waals surface area contributed by atoms with Gasteiger partial charge >= 0.3 is 0 Å². The van der Waals surface area contributed by atoms with Crippen LogP contribution in [0.25, 0.3) is 0 Å². The number of rotatable bonds is 4. The molecule has 2 nitrogen and oxygen atoms in total. The zero-order valence-corrected chi connectivity index (χ0v) is 8.18. The molecule has 0 rings (SSSR count). The molecule has 10 heavy (non-hydrogen) atoms. The van der Waals surface area contributed by atoms with Crippen molar-refractivity contribution in [2.45, 2.75) is 32.9 Å². The molecular formula is C7H16O2Si. The van der Waals surface area contributed by atoms with Crippen LogP contribution in [0.4, 0.5) is 0 Å². The summed E-state index contributed by atoms with van der Waals surface area (Å²) in [5, 5.41) is 0. The monoisotopic (exact) mass is 160 g/mol. The average Bonchev–Trinajstić information content (AvgIpc) is 1.59. The van der Waals surface area contributed by atoms with E-state index >= 15 is 0 Å². The molecule has 0 fully saturated rings. The van der Waals surface area contributed by atoms with Gasteiger partial charge in [0.15, 0.2) is 14.6 Å². The normalized spacial score (nSPS) is 14.4. The van der Waals surface area contributed by atoms with E-state index in [0.717, 1.165) is 0 Å². The Kier molecular flexibility index (Phi) is 3.67. The van der Waals surface area contributed by atoms with Crippen LogP contribution in [-0.4, -0.2) is 14.6 Å². The second-order valence-corrected chi connectivity index (χ2v) is 7.56. The summed E-state index contributed by atoms with van der Waals surface area (Å²) in [6.07, 6.45) is 1.26. The van der Waals surface area contributed by atoms with Gasteiger partial charge in [0.05, 0.1) is 6.26 Å². The molecule has 0 bridgehead atoms. The average molecular weight is 160 g/mol. The van der Waals surface area contributed by atoms with E-state index < -0.39 is 8.32 Å². The van der Waals surface area contributed by atoms with Crippen LogP contribution in [0.3, 0.4) is 0 Å². The van der Waals surface area contributed by atoms with E-state index in [-0.39, 0.29) is 6.29 Å². The number of hydrogen-bond acceptors (Lipinski definition) is 2. The van der Waals surface area contributed by atoms with Gasteiger partial charge in [-0.2, -0.15) is 0 Å². The maximum absolute atomic E-state index is 5.52. The standard InChI is InChI=1S/C7H16O2Si/c1-6-8-7(2)9-10(3,4)5/h6-7H,1H2,2-5H3. The molecule has 60 valence electrons. The van der Waals surface area contributed by atoms with Gasteiger partial charge in [0.1, 0.15) is 0 Å². The molecule has 0 saturated heterocycles. The molecule has 0 aliphatic carbocycles. The molecule has 0 aromatic carbocycles. The Bertz CT molecular complexity index is 107. The lowest BCUT2D eigenvalue weighted by molar-refractivity contribution is -0.0193. The van der Waals surface area contributed by atoms with Crippen molar-refractivity contribution < 1.29 is 9.16 Å². The van der Waals surface area contributed by atoms with Crippen LogP contribution in [0.1, 0.15) is 6.92 Å². The maximum atomic E-state index is 5.52. The Hall–Kier alpha value is -0.283. The van der Waals surface area contributed by atoms with Crippen molar-refractivity contribution in [2.24, 2.45) is 0 Å². The van der Waals surface area contributed by atoms with Crippen LogP contribution >= 0.6 is 0 Å². The first-order valence-corrected chi connectivity index (χ1v) is 6.81. The maximum Gasteiger partial charge on any atom is 0.188 e. The fourth-order valence-corrected chi connectivity index (χ4v) is 1.71. The summed E-state index contributed by atoms with van der Waals surface area (Å²) in [4.78, 5) is 0. The molecule has 1 unspecified atom stereocenters. The van der Waals surface area contributed by atoms with Crippen LogP contribution in [0, 0.1) is 0 Å². The van der Waals surface area contributed by atoms with Gasteiger partial charge < -0.3 is 9.16 Å². The van der Waals surface area contributed by atoms with Gasteiger partial charge in [0.25, 0.3) is 0 Å². The highest BCUT2D eigenvalue weighted by atomic mass is 28.4. The van der Waals surface area contributed by atoms with E-state index in [4.69, 9.17) is 9.16 Å². The van der Waals surface area contributed by atoms with Crippen molar-refractivity contribution in [3.8, 4) is 0 Å². The van der Waals surface area contributed by atoms with Crippen LogP contribution in [0.2, 0.25) is 19.6 Å². The van der Waals surface area contributed by atoms with Gasteiger partial charge in [0.2, 0.25) is 0 Å². The lowest BCUT2D eigenvalue weighted by Gasteiger charge is -2.22. The van der Waals surface area contributed by atoms with Gasteiger partial charge in [-0.05, 0) is 26.6 Å². The first kappa shape index (κ1) is 9.72. The fraction of sp³-hybridized carbons (Fsp3) is 0.714. The summed E-state index contributed by atoms with van der Waals surface area (Å²) in [5.74, 6) is 0. The summed E-state index contributed by atoms with van der Waals surface area (Å²) in [6.45, 7) is 11.7. The summed E-state index contributed by atoms with van der Waals surface area (Å²) in [5.41, 5.74) is 0. The molecule has 0 N–H and O–H groups in total. The smallest absolute Gasteiger partial charge is 0.188 e. The Morgan fingerprint density at radius 3 is 2.20 bits per heavy atom. The molecule has 0 aliphatic rings. The van der Waals surface area contributed by atoms with Crippen LogP contribution in [-0.2, 0) is 9.16 Å². The van der Waals surface area contributed by atoms with Gasteiger partial charge in [-0.25, -0.2) is 0 Å². The van der Waals surface area contributed by atoms with Crippen LogP contribution in [0.5, 0.6) is 0 Å². The summed E-state index contributed by atoms with van der Waals surface area (Å²) in [7, 11) is -1.43. The van der Waals surface area contributed by atoms with Crippen molar-refractivity contribution in [1.29, 1.82) is 0 Å². The summed E-state index contributed by atoms with van der Waals surface area (Å²) >= 11 is 0. The fourth-order valence-electron chi connectivity index (χ4n) is 0.661. The van der Waals surface area contributed by atoms with E-state index in [0.29, 0.717) is 0 Å². The Balaban J connectivity index is 3.56. The van der Waals surface area contributed by atoms with Crippen molar-refractivity contribution in [1.82, 2.24) is 0 Å². The van der Waals surface area contributed by atoms with E-state index in [1.165, 1.54) is 6.26 Å². The Morgan fingerprint density at radius 2 is 1.90 bits per heavy atom. The lowest BCUT2D eigenvalue weighted by Crippen LogP contribution is -2.31. The van der Waals surface area contributed by atoms with Crippen molar-refractivity contribution in [3.05, 3.63) is 12.8 Å². The second kappa shape index (κ2) is 3.78. The highest BCUT2D eigenvalue weighted by molar-refractivity contribution is 6.69. The zero-order chi connectivity index (χ0) is 8.20. The molecule has 0 aromatic rings. The molecule has 1 atom stereocenters. The van der Waals surface area contributed by atoms with E-state index in [2.05, 4.69) is 26.2 Å². The topological polar surface area (TPSA) is 18.5 Å². The molecule has 0 aliphatic heterocycles. The Morgan fingerprint density at radius 1 is 1.40 bits per heavy atom. The van der Waals surface area contributed by atoms with Crippen molar-refractivity contribution >= 4 is 8.32 Å². The van der Waals surface area contributed by atoms with Crippen LogP contribution < -0.4 is 0 Å². The minimum Gasteiger partial charge on any atom is -0.474 e. The minimum absolute atomic E-state index is 0.149. The highest BCUT2D eigenvalue weighted by Gasteiger charge is 2.17. The van der Waals surface area contributed by atoms with E-state index in [1.54, 1.807) is 0 Å². The van der Waals surface area contributed by atoms with Gasteiger partial charge in [-0.1, -0.05) is 6.58 Å². The molecule has 0 heterocycles. The first-order valence-electron chi connectivity index (χ1n) is 3.40. The predicted octanol–water partition coefficient (Wildman–Crippen LogP) is 2.34. The molecule has 0 radical (unpaired) electrons. The third-order valence-electron chi connectivity index (χ3n) is 0.807. The van der Waals surface area contributed by atoms with Gasteiger partial charge in [-0.3, -0.25) is 0 Å². The molecule has 3 heteroatoms. The molecular weight excluding hydrogens is 144 g/mol.